The first kappa shape index (κ1) is 18.8. The third-order valence-corrected chi connectivity index (χ3v) is 6.07. The zero-order valence-corrected chi connectivity index (χ0v) is 16.5. The number of carbonyl (C=O) groups is 1. The van der Waals surface area contributed by atoms with Crippen LogP contribution in [0.15, 0.2) is 40.9 Å². The predicted molar refractivity (Wildman–Crippen MR) is 102 cm³/mol. The van der Waals surface area contributed by atoms with E-state index in [-0.39, 0.29) is 11.7 Å². The maximum atomic E-state index is 13.2. The van der Waals surface area contributed by atoms with E-state index in [1.807, 2.05) is 0 Å². The van der Waals surface area contributed by atoms with Crippen molar-refractivity contribution in [1.82, 2.24) is 5.32 Å². The summed E-state index contributed by atoms with van der Waals surface area (Å²) in [4.78, 5) is 12.3. The van der Waals surface area contributed by atoms with Gasteiger partial charge in [-0.1, -0.05) is 6.07 Å². The summed E-state index contributed by atoms with van der Waals surface area (Å²) >= 11 is 3.14. The third-order valence-electron chi connectivity index (χ3n) is 4.28. The van der Waals surface area contributed by atoms with E-state index in [0.717, 1.165) is 11.1 Å². The van der Waals surface area contributed by atoms with E-state index < -0.39 is 10.0 Å². The van der Waals surface area contributed by atoms with Crippen molar-refractivity contribution in [2.24, 2.45) is 0 Å². The summed E-state index contributed by atoms with van der Waals surface area (Å²) in [5.41, 5.74) is 2.90. The molecule has 3 rings (SSSR count). The lowest BCUT2D eigenvalue weighted by Gasteiger charge is -2.16. The highest BCUT2D eigenvalue weighted by molar-refractivity contribution is 9.10. The van der Waals surface area contributed by atoms with Crippen LogP contribution in [0.4, 0.5) is 10.1 Å². The van der Waals surface area contributed by atoms with Crippen molar-refractivity contribution >= 4 is 37.5 Å². The van der Waals surface area contributed by atoms with Gasteiger partial charge in [-0.2, -0.15) is 0 Å². The topological polar surface area (TPSA) is 66.5 Å². The summed E-state index contributed by atoms with van der Waals surface area (Å²) in [5, 5.41) is 2.83. The largest absolute Gasteiger partial charge is 0.352 e. The minimum Gasteiger partial charge on any atom is -0.352 e. The third kappa shape index (κ3) is 4.07. The van der Waals surface area contributed by atoms with Crippen LogP contribution < -0.4 is 9.62 Å². The van der Waals surface area contributed by atoms with Gasteiger partial charge in [-0.3, -0.25) is 9.10 Å². The Balaban J connectivity index is 1.63. The number of fused-ring (bicyclic) bond motifs is 1. The van der Waals surface area contributed by atoms with Crippen molar-refractivity contribution in [3.05, 3.63) is 63.4 Å². The Bertz CT molecular complexity index is 963. The normalized spacial score (nSPS) is 13.6. The van der Waals surface area contributed by atoms with Gasteiger partial charge < -0.3 is 5.32 Å². The van der Waals surface area contributed by atoms with Gasteiger partial charge >= 0.3 is 0 Å². The molecule has 0 fully saturated rings. The molecule has 0 aromatic heterocycles. The van der Waals surface area contributed by atoms with Gasteiger partial charge in [0.2, 0.25) is 10.0 Å². The molecular weight excluding hydrogens is 423 g/mol. The highest BCUT2D eigenvalue weighted by Crippen LogP contribution is 2.30. The van der Waals surface area contributed by atoms with Gasteiger partial charge in [0.1, 0.15) is 5.82 Å². The quantitative estimate of drug-likeness (QED) is 0.776. The molecule has 138 valence electrons. The Morgan fingerprint density at radius 2 is 2.04 bits per heavy atom. The molecule has 2 aromatic rings. The lowest BCUT2D eigenvalue weighted by Crippen LogP contribution is -2.27. The van der Waals surface area contributed by atoms with Gasteiger partial charge in [0.25, 0.3) is 5.91 Å². The molecule has 0 spiro atoms. The number of nitrogens with zero attached hydrogens (tertiary/aromatic N) is 1. The number of amides is 1. The van der Waals surface area contributed by atoms with Crippen LogP contribution in [-0.2, 0) is 22.9 Å². The first-order chi connectivity index (χ1) is 12.3. The van der Waals surface area contributed by atoms with E-state index in [1.54, 1.807) is 30.3 Å². The van der Waals surface area contributed by atoms with Crippen molar-refractivity contribution in [3.63, 3.8) is 0 Å². The standard InChI is InChI=1S/C18H18BrFN2O3S/c1-26(24,25)22-9-7-13-11-14(3-5-17(13)22)18(23)21-8-6-12-2-4-16(20)15(19)10-12/h2-5,10-11H,6-9H2,1H3,(H,21,23). The van der Waals surface area contributed by atoms with Crippen LogP contribution in [0.2, 0.25) is 0 Å². The molecule has 0 bridgehead atoms. The highest BCUT2D eigenvalue weighted by Gasteiger charge is 2.26. The number of nitrogens with one attached hydrogen (secondary N) is 1. The Labute approximate surface area is 160 Å². The second-order valence-corrected chi connectivity index (χ2v) is 8.94. The van der Waals surface area contributed by atoms with Gasteiger partial charge in [0.15, 0.2) is 0 Å². The maximum absolute atomic E-state index is 13.2. The summed E-state index contributed by atoms with van der Waals surface area (Å²) in [6.45, 7) is 0.822. The van der Waals surface area contributed by atoms with Crippen molar-refractivity contribution in [2.75, 3.05) is 23.7 Å². The summed E-state index contributed by atoms with van der Waals surface area (Å²) in [6, 6.07) is 9.80. The van der Waals surface area contributed by atoms with E-state index in [0.29, 0.717) is 41.7 Å². The lowest BCUT2D eigenvalue weighted by molar-refractivity contribution is 0.0954. The number of rotatable bonds is 5. The summed E-state index contributed by atoms with van der Waals surface area (Å²) in [5.74, 6) is -0.536. The molecule has 1 N–H and O–H groups in total. The van der Waals surface area contributed by atoms with Gasteiger partial charge in [-0.15, -0.1) is 0 Å². The average Bonchev–Trinajstić information content (AvgIpc) is 3.01. The number of anilines is 1. The van der Waals surface area contributed by atoms with Crippen molar-refractivity contribution in [2.45, 2.75) is 12.8 Å². The molecule has 0 atom stereocenters. The molecule has 0 unspecified atom stereocenters. The Hall–Kier alpha value is -1.93. The first-order valence-corrected chi connectivity index (χ1v) is 10.7. The van der Waals surface area contributed by atoms with Gasteiger partial charge in [0.05, 0.1) is 16.4 Å². The Morgan fingerprint density at radius 3 is 2.73 bits per heavy atom. The molecule has 1 aliphatic rings. The van der Waals surface area contributed by atoms with Crippen LogP contribution in [0.3, 0.4) is 0 Å². The van der Waals surface area contributed by atoms with Gasteiger partial charge in [0, 0.05) is 18.7 Å². The first-order valence-electron chi connectivity index (χ1n) is 8.08. The average molecular weight is 441 g/mol. The van der Waals surface area contributed by atoms with Crippen molar-refractivity contribution < 1.29 is 17.6 Å². The molecule has 8 heteroatoms. The van der Waals surface area contributed by atoms with E-state index in [1.165, 1.54) is 16.6 Å². The molecule has 1 aliphatic heterocycles. The van der Waals surface area contributed by atoms with Gasteiger partial charge in [-0.25, -0.2) is 12.8 Å². The maximum Gasteiger partial charge on any atom is 0.251 e. The number of hydrogen-bond donors (Lipinski definition) is 1. The molecule has 2 aromatic carbocycles. The number of carbonyl (C=O) groups excluding carboxylic acids is 1. The minimum absolute atomic E-state index is 0.216. The monoisotopic (exact) mass is 440 g/mol. The summed E-state index contributed by atoms with van der Waals surface area (Å²) in [7, 11) is -3.30. The van der Waals surface area contributed by atoms with Crippen LogP contribution in [0.5, 0.6) is 0 Å². The van der Waals surface area contributed by atoms with Crippen LogP contribution >= 0.6 is 15.9 Å². The molecular formula is C18H18BrFN2O3S. The molecule has 1 heterocycles. The second-order valence-electron chi connectivity index (χ2n) is 6.18. The molecule has 1 amide bonds. The van der Waals surface area contributed by atoms with Crippen LogP contribution in [-0.4, -0.2) is 33.7 Å². The van der Waals surface area contributed by atoms with Gasteiger partial charge in [-0.05, 0) is 70.2 Å². The smallest absolute Gasteiger partial charge is 0.251 e. The SMILES string of the molecule is CS(=O)(=O)N1CCc2cc(C(=O)NCCc3ccc(F)c(Br)c3)ccc21. The van der Waals surface area contributed by atoms with E-state index in [4.69, 9.17) is 0 Å². The van der Waals surface area contributed by atoms with E-state index in [9.17, 15) is 17.6 Å². The van der Waals surface area contributed by atoms with Crippen LogP contribution in [0.1, 0.15) is 21.5 Å². The van der Waals surface area contributed by atoms with Crippen LogP contribution in [0, 0.1) is 5.82 Å². The number of sulfonamides is 1. The molecule has 0 saturated carbocycles. The Kier molecular flexibility index (Phi) is 5.34. The highest BCUT2D eigenvalue weighted by atomic mass is 79.9. The predicted octanol–water partition coefficient (Wildman–Crippen LogP) is 2.88. The summed E-state index contributed by atoms with van der Waals surface area (Å²) in [6.07, 6.45) is 2.35. The van der Waals surface area contributed by atoms with Crippen molar-refractivity contribution in [3.8, 4) is 0 Å². The lowest BCUT2D eigenvalue weighted by atomic mass is 10.1. The molecule has 26 heavy (non-hydrogen) atoms. The zero-order chi connectivity index (χ0) is 18.9. The molecule has 0 aliphatic carbocycles. The number of halogens is 2. The molecule has 5 nitrogen and oxygen atoms in total. The van der Waals surface area contributed by atoms with Crippen molar-refractivity contribution in [1.29, 1.82) is 0 Å². The van der Waals surface area contributed by atoms with E-state index in [2.05, 4.69) is 21.2 Å². The van der Waals surface area contributed by atoms with Crippen LogP contribution in [0.25, 0.3) is 0 Å². The zero-order valence-electron chi connectivity index (χ0n) is 14.1. The fraction of sp³-hybridized carbons (Fsp3) is 0.278. The number of benzene rings is 2. The molecule has 0 radical (unpaired) electrons. The fourth-order valence-corrected chi connectivity index (χ4v) is 4.36. The summed E-state index contributed by atoms with van der Waals surface area (Å²) < 4.78 is 38.5. The number of hydrogen-bond acceptors (Lipinski definition) is 3. The Morgan fingerprint density at radius 1 is 1.27 bits per heavy atom. The second kappa shape index (κ2) is 7.36. The fourth-order valence-electron chi connectivity index (χ4n) is 2.97. The minimum atomic E-state index is -3.30. The molecule has 0 saturated heterocycles. The van der Waals surface area contributed by atoms with E-state index >= 15 is 0 Å².